The molecule has 7 heteroatoms. The normalized spacial score (nSPS) is 13.4. The smallest absolute Gasteiger partial charge is 0.323 e. The van der Waals surface area contributed by atoms with Crippen LogP contribution >= 0.6 is 11.3 Å². The zero-order valence-electron chi connectivity index (χ0n) is 12.1. The number of halogens is 3. The number of aromatic nitrogens is 1. The lowest BCUT2D eigenvalue weighted by molar-refractivity contribution is -0.136. The van der Waals surface area contributed by atoms with E-state index in [1.807, 2.05) is 0 Å². The van der Waals surface area contributed by atoms with E-state index in [1.165, 1.54) is 4.57 Å². The summed E-state index contributed by atoms with van der Waals surface area (Å²) in [6.07, 6.45) is -4.57. The van der Waals surface area contributed by atoms with Gasteiger partial charge in [-0.25, -0.2) is 0 Å². The van der Waals surface area contributed by atoms with Gasteiger partial charge in [-0.2, -0.15) is 13.2 Å². The first-order valence-electron chi connectivity index (χ1n) is 6.86. The molecule has 2 heterocycles. The Hall–Kier alpha value is -2.12. The van der Waals surface area contributed by atoms with Crippen LogP contribution in [0.25, 0.3) is 15.8 Å². The van der Waals surface area contributed by atoms with Crippen LogP contribution in [0.1, 0.15) is 24.2 Å². The summed E-state index contributed by atoms with van der Waals surface area (Å²) < 4.78 is 41.0. The van der Waals surface area contributed by atoms with Gasteiger partial charge in [-0.05, 0) is 25.1 Å². The quantitative estimate of drug-likeness (QED) is 0.765. The molecule has 0 amide bonds. The van der Waals surface area contributed by atoms with E-state index in [-0.39, 0.29) is 5.39 Å². The summed E-state index contributed by atoms with van der Waals surface area (Å²) in [6.45, 7) is 1.69. The van der Waals surface area contributed by atoms with Gasteiger partial charge in [0.15, 0.2) is 0 Å². The Morgan fingerprint density at radius 3 is 2.43 bits per heavy atom. The van der Waals surface area contributed by atoms with Crippen LogP contribution in [0.15, 0.2) is 46.6 Å². The van der Waals surface area contributed by atoms with Gasteiger partial charge < -0.3 is 5.73 Å². The van der Waals surface area contributed by atoms with E-state index in [0.717, 1.165) is 16.7 Å². The molecule has 0 fully saturated rings. The first-order chi connectivity index (χ1) is 10.8. The maximum absolute atomic E-state index is 13.2. The van der Waals surface area contributed by atoms with Gasteiger partial charge in [-0.1, -0.05) is 18.2 Å². The number of rotatable bonds is 2. The summed E-state index contributed by atoms with van der Waals surface area (Å²) in [4.78, 5) is 12.8. The summed E-state index contributed by atoms with van der Waals surface area (Å²) in [5, 5.41) is 0.669. The molecule has 120 valence electrons. The average molecular weight is 338 g/mol. The lowest BCUT2D eigenvalue weighted by Gasteiger charge is -2.16. The number of hydrogen-bond donors (Lipinski definition) is 1. The van der Waals surface area contributed by atoms with Gasteiger partial charge in [-0.3, -0.25) is 9.36 Å². The topological polar surface area (TPSA) is 48.0 Å². The first kappa shape index (κ1) is 15.8. The summed E-state index contributed by atoms with van der Waals surface area (Å²) in [6, 6.07) is 9.60. The standard InChI is InChI=1S/C16H13F3N2OS/c1-9(20)12-7-13-14(11(8-23-13)16(17,18)19)15(22)21(12)10-5-3-2-4-6-10/h2-9H,20H2,1H3. The number of pyridine rings is 1. The highest BCUT2D eigenvalue weighted by molar-refractivity contribution is 7.17. The van der Waals surface area contributed by atoms with Crippen molar-refractivity contribution in [2.24, 2.45) is 5.73 Å². The fraction of sp³-hybridized carbons (Fsp3) is 0.188. The molecule has 1 aromatic carbocycles. The van der Waals surface area contributed by atoms with Crippen molar-refractivity contribution in [3.05, 3.63) is 63.4 Å². The molecule has 23 heavy (non-hydrogen) atoms. The average Bonchev–Trinajstić information content (AvgIpc) is 2.92. The molecule has 0 aliphatic carbocycles. The molecule has 0 aliphatic heterocycles. The monoisotopic (exact) mass is 338 g/mol. The second-order valence-electron chi connectivity index (χ2n) is 5.22. The van der Waals surface area contributed by atoms with E-state index < -0.39 is 23.3 Å². The van der Waals surface area contributed by atoms with Gasteiger partial charge in [-0.15, -0.1) is 11.3 Å². The number of thiophene rings is 1. The van der Waals surface area contributed by atoms with Crippen LogP contribution in [0, 0.1) is 0 Å². The molecule has 2 N–H and O–H groups in total. The molecule has 1 unspecified atom stereocenters. The largest absolute Gasteiger partial charge is 0.418 e. The van der Waals surface area contributed by atoms with Crippen molar-refractivity contribution in [2.45, 2.75) is 19.1 Å². The predicted octanol–water partition coefficient (Wildman–Crippen LogP) is 4.09. The van der Waals surface area contributed by atoms with Crippen molar-refractivity contribution in [1.29, 1.82) is 0 Å². The van der Waals surface area contributed by atoms with Gasteiger partial charge in [0, 0.05) is 27.5 Å². The van der Waals surface area contributed by atoms with E-state index in [9.17, 15) is 18.0 Å². The molecular formula is C16H13F3N2OS. The highest BCUT2D eigenvalue weighted by atomic mass is 32.1. The fourth-order valence-electron chi connectivity index (χ4n) is 2.51. The number of fused-ring (bicyclic) bond motifs is 1. The van der Waals surface area contributed by atoms with Crippen LogP contribution in [0.3, 0.4) is 0 Å². The molecule has 0 bridgehead atoms. The zero-order valence-corrected chi connectivity index (χ0v) is 12.9. The summed E-state index contributed by atoms with van der Waals surface area (Å²) >= 11 is 0.902. The van der Waals surface area contributed by atoms with Gasteiger partial charge in [0.1, 0.15) is 0 Å². The molecule has 1 atom stereocenters. The highest BCUT2D eigenvalue weighted by Gasteiger charge is 2.35. The van der Waals surface area contributed by atoms with Crippen molar-refractivity contribution in [1.82, 2.24) is 4.57 Å². The molecule has 0 saturated carbocycles. The van der Waals surface area contributed by atoms with Gasteiger partial charge in [0.05, 0.1) is 10.9 Å². The van der Waals surface area contributed by atoms with Crippen LogP contribution in [0.4, 0.5) is 13.2 Å². The number of hydrogen-bond acceptors (Lipinski definition) is 3. The maximum Gasteiger partial charge on any atom is 0.418 e. The molecule has 0 saturated heterocycles. The Kier molecular flexibility index (Phi) is 3.77. The van der Waals surface area contributed by atoms with Crippen molar-refractivity contribution in [2.75, 3.05) is 0 Å². The number of nitrogens with zero attached hydrogens (tertiary/aromatic N) is 1. The predicted molar refractivity (Wildman–Crippen MR) is 85.0 cm³/mol. The molecular weight excluding hydrogens is 325 g/mol. The third-order valence-electron chi connectivity index (χ3n) is 3.56. The van der Waals surface area contributed by atoms with E-state index in [4.69, 9.17) is 5.73 Å². The number of alkyl halides is 3. The minimum absolute atomic E-state index is 0.293. The second kappa shape index (κ2) is 5.50. The van der Waals surface area contributed by atoms with Crippen molar-refractivity contribution in [3.63, 3.8) is 0 Å². The summed E-state index contributed by atoms with van der Waals surface area (Å²) in [7, 11) is 0. The lowest BCUT2D eigenvalue weighted by Crippen LogP contribution is -2.26. The SMILES string of the molecule is CC(N)c1cc2scc(C(F)(F)F)c2c(=O)n1-c1ccccc1. The first-order valence-corrected chi connectivity index (χ1v) is 7.74. The van der Waals surface area contributed by atoms with Crippen molar-refractivity contribution >= 4 is 21.4 Å². The molecule has 3 nitrogen and oxygen atoms in total. The zero-order chi connectivity index (χ0) is 16.8. The number of nitrogens with two attached hydrogens (primary N) is 1. The Labute approximate surface area is 133 Å². The lowest BCUT2D eigenvalue weighted by atomic mass is 10.1. The van der Waals surface area contributed by atoms with Gasteiger partial charge in [0.2, 0.25) is 0 Å². The molecule has 0 spiro atoms. The molecule has 3 aromatic rings. The van der Waals surface area contributed by atoms with Crippen LogP contribution in [0.2, 0.25) is 0 Å². The Morgan fingerprint density at radius 2 is 1.87 bits per heavy atom. The third-order valence-corrected chi connectivity index (χ3v) is 4.49. The van der Waals surface area contributed by atoms with Crippen LogP contribution in [-0.2, 0) is 6.18 Å². The number of para-hydroxylation sites is 1. The molecule has 0 radical (unpaired) electrons. The number of benzene rings is 1. The van der Waals surface area contributed by atoms with Crippen LogP contribution in [0.5, 0.6) is 0 Å². The summed E-state index contributed by atoms with van der Waals surface area (Å²) in [5.74, 6) is 0. The molecule has 2 aromatic heterocycles. The minimum atomic E-state index is -4.57. The second-order valence-corrected chi connectivity index (χ2v) is 6.13. The fourth-order valence-corrected chi connectivity index (χ4v) is 3.51. The van der Waals surface area contributed by atoms with E-state index in [2.05, 4.69) is 0 Å². The van der Waals surface area contributed by atoms with Crippen LogP contribution in [-0.4, -0.2) is 4.57 Å². The van der Waals surface area contributed by atoms with Crippen molar-refractivity contribution < 1.29 is 13.2 Å². The Balaban J connectivity index is 2.44. The Bertz CT molecular complexity index is 911. The van der Waals surface area contributed by atoms with E-state index in [1.54, 1.807) is 43.3 Å². The molecule has 3 rings (SSSR count). The minimum Gasteiger partial charge on any atom is -0.323 e. The van der Waals surface area contributed by atoms with Gasteiger partial charge in [0.25, 0.3) is 5.56 Å². The molecule has 0 aliphatic rings. The third kappa shape index (κ3) is 2.66. The van der Waals surface area contributed by atoms with Crippen LogP contribution < -0.4 is 11.3 Å². The summed E-state index contributed by atoms with van der Waals surface area (Å²) in [5.41, 5.74) is 5.30. The van der Waals surface area contributed by atoms with Gasteiger partial charge >= 0.3 is 6.18 Å². The van der Waals surface area contributed by atoms with E-state index in [0.29, 0.717) is 16.1 Å². The van der Waals surface area contributed by atoms with E-state index >= 15 is 0 Å². The highest BCUT2D eigenvalue weighted by Crippen LogP contribution is 2.37. The Morgan fingerprint density at radius 1 is 1.22 bits per heavy atom. The van der Waals surface area contributed by atoms with Crippen molar-refractivity contribution in [3.8, 4) is 5.69 Å². The maximum atomic E-state index is 13.2.